The lowest BCUT2D eigenvalue weighted by Crippen LogP contribution is -2.29. The highest BCUT2D eigenvalue weighted by atomic mass is 16.5. The lowest BCUT2D eigenvalue weighted by atomic mass is 9.99. The van der Waals surface area contributed by atoms with Crippen LogP contribution in [0.25, 0.3) is 0 Å². The van der Waals surface area contributed by atoms with Crippen molar-refractivity contribution < 1.29 is 4.74 Å². The van der Waals surface area contributed by atoms with Gasteiger partial charge in [0.1, 0.15) is 0 Å². The average molecular weight is 262 g/mol. The fourth-order valence-corrected chi connectivity index (χ4v) is 2.73. The molecule has 0 amide bonds. The second-order valence-electron chi connectivity index (χ2n) is 5.62. The van der Waals surface area contributed by atoms with Crippen LogP contribution >= 0.6 is 0 Å². The van der Waals surface area contributed by atoms with Crippen LogP contribution in [0.3, 0.4) is 0 Å². The molecular formula is C16H26N2O. The Hall–Kier alpha value is -0.900. The summed E-state index contributed by atoms with van der Waals surface area (Å²) < 4.78 is 5.47. The van der Waals surface area contributed by atoms with Crippen LogP contribution in [0.1, 0.15) is 35.6 Å². The summed E-state index contributed by atoms with van der Waals surface area (Å²) in [5.74, 6) is 0. The Kier molecular flexibility index (Phi) is 5.37. The van der Waals surface area contributed by atoms with Gasteiger partial charge in [0.15, 0.2) is 0 Å². The van der Waals surface area contributed by atoms with E-state index in [2.05, 4.69) is 36.9 Å². The van der Waals surface area contributed by atoms with Gasteiger partial charge in [-0.25, -0.2) is 0 Å². The molecule has 0 spiro atoms. The van der Waals surface area contributed by atoms with Crippen molar-refractivity contribution in [2.75, 3.05) is 32.8 Å². The molecule has 106 valence electrons. The molecule has 0 bridgehead atoms. The number of nitrogens with two attached hydrogens (primary N) is 1. The van der Waals surface area contributed by atoms with Gasteiger partial charge < -0.3 is 15.4 Å². The van der Waals surface area contributed by atoms with Gasteiger partial charge in [0.05, 0.1) is 6.61 Å². The quantitative estimate of drug-likeness (QED) is 0.905. The molecule has 1 fully saturated rings. The van der Waals surface area contributed by atoms with Gasteiger partial charge in [-0.3, -0.25) is 0 Å². The molecule has 0 saturated carbocycles. The topological polar surface area (TPSA) is 38.5 Å². The van der Waals surface area contributed by atoms with E-state index in [0.717, 1.165) is 45.7 Å². The van der Waals surface area contributed by atoms with E-state index >= 15 is 0 Å². The van der Waals surface area contributed by atoms with Crippen LogP contribution in [-0.2, 0) is 4.74 Å². The van der Waals surface area contributed by atoms with Crippen LogP contribution < -0.4 is 5.73 Å². The molecular weight excluding hydrogens is 236 g/mol. The molecule has 1 aliphatic rings. The summed E-state index contributed by atoms with van der Waals surface area (Å²) in [6.45, 7) is 9.28. The molecule has 19 heavy (non-hydrogen) atoms. The van der Waals surface area contributed by atoms with Crippen LogP contribution in [-0.4, -0.2) is 37.7 Å². The van der Waals surface area contributed by atoms with Crippen molar-refractivity contribution in [3.05, 3.63) is 34.9 Å². The van der Waals surface area contributed by atoms with Gasteiger partial charge in [-0.2, -0.15) is 0 Å². The van der Waals surface area contributed by atoms with Crippen LogP contribution in [0, 0.1) is 13.8 Å². The van der Waals surface area contributed by atoms with Crippen molar-refractivity contribution in [3.63, 3.8) is 0 Å². The first-order chi connectivity index (χ1) is 9.15. The van der Waals surface area contributed by atoms with E-state index in [1.807, 2.05) is 0 Å². The van der Waals surface area contributed by atoms with Gasteiger partial charge in [-0.1, -0.05) is 29.3 Å². The smallest absolute Gasteiger partial charge is 0.0593 e. The highest BCUT2D eigenvalue weighted by Gasteiger charge is 2.12. The van der Waals surface area contributed by atoms with E-state index in [0.29, 0.717) is 0 Å². The normalized spacial score (nSPS) is 19.1. The number of benzene rings is 1. The van der Waals surface area contributed by atoms with Gasteiger partial charge in [-0.05, 0) is 32.3 Å². The second-order valence-corrected chi connectivity index (χ2v) is 5.62. The highest BCUT2D eigenvalue weighted by Crippen LogP contribution is 2.18. The predicted molar refractivity (Wildman–Crippen MR) is 79.3 cm³/mol. The molecule has 1 aromatic rings. The first-order valence-corrected chi connectivity index (χ1v) is 7.29. The van der Waals surface area contributed by atoms with Crippen molar-refractivity contribution in [1.82, 2.24) is 4.90 Å². The molecule has 1 unspecified atom stereocenters. The maximum Gasteiger partial charge on any atom is 0.0593 e. The van der Waals surface area contributed by atoms with Crippen molar-refractivity contribution in [1.29, 1.82) is 0 Å². The monoisotopic (exact) mass is 262 g/mol. The minimum absolute atomic E-state index is 0.141. The Balaban J connectivity index is 1.87. The third-order valence-electron chi connectivity index (χ3n) is 3.74. The zero-order valence-corrected chi connectivity index (χ0v) is 12.2. The highest BCUT2D eigenvalue weighted by molar-refractivity contribution is 5.30. The Morgan fingerprint density at radius 2 is 1.89 bits per heavy atom. The summed E-state index contributed by atoms with van der Waals surface area (Å²) in [6.07, 6.45) is 2.15. The number of aryl methyl sites for hydroxylation is 2. The molecule has 1 atom stereocenters. The SMILES string of the molecule is Cc1cc(C)cc(C(N)CCN2CCCOCC2)c1. The van der Waals surface area contributed by atoms with E-state index in [1.54, 1.807) is 0 Å². The molecule has 1 heterocycles. The summed E-state index contributed by atoms with van der Waals surface area (Å²) in [6, 6.07) is 6.76. The molecule has 3 heteroatoms. The van der Waals surface area contributed by atoms with Crippen LogP contribution in [0.2, 0.25) is 0 Å². The molecule has 1 aromatic carbocycles. The molecule has 0 radical (unpaired) electrons. The largest absolute Gasteiger partial charge is 0.380 e. The van der Waals surface area contributed by atoms with E-state index in [1.165, 1.54) is 16.7 Å². The van der Waals surface area contributed by atoms with Gasteiger partial charge in [-0.15, -0.1) is 0 Å². The molecule has 0 aliphatic carbocycles. The molecule has 2 N–H and O–H groups in total. The zero-order valence-electron chi connectivity index (χ0n) is 12.2. The summed E-state index contributed by atoms with van der Waals surface area (Å²) in [5, 5.41) is 0. The van der Waals surface area contributed by atoms with E-state index in [9.17, 15) is 0 Å². The third-order valence-corrected chi connectivity index (χ3v) is 3.74. The van der Waals surface area contributed by atoms with Crippen LogP contribution in [0.15, 0.2) is 18.2 Å². The molecule has 2 rings (SSSR count). The second kappa shape index (κ2) is 7.04. The number of ether oxygens (including phenoxy) is 1. The lowest BCUT2D eigenvalue weighted by Gasteiger charge is -2.21. The van der Waals surface area contributed by atoms with Crippen molar-refractivity contribution in [3.8, 4) is 0 Å². The number of hydrogen-bond donors (Lipinski definition) is 1. The first kappa shape index (κ1) is 14.5. The Bertz CT molecular complexity index is 377. The summed E-state index contributed by atoms with van der Waals surface area (Å²) in [4.78, 5) is 2.47. The number of hydrogen-bond acceptors (Lipinski definition) is 3. The molecule has 3 nitrogen and oxygen atoms in total. The van der Waals surface area contributed by atoms with E-state index in [4.69, 9.17) is 10.5 Å². The fraction of sp³-hybridized carbons (Fsp3) is 0.625. The standard InChI is InChI=1S/C16H26N2O/c1-13-10-14(2)12-15(11-13)16(17)4-6-18-5-3-8-19-9-7-18/h10-12,16H,3-9,17H2,1-2H3. The predicted octanol–water partition coefficient (Wildman–Crippen LogP) is 2.42. The summed E-state index contributed by atoms with van der Waals surface area (Å²) >= 11 is 0. The Morgan fingerprint density at radius 1 is 1.16 bits per heavy atom. The lowest BCUT2D eigenvalue weighted by molar-refractivity contribution is 0.141. The first-order valence-electron chi connectivity index (χ1n) is 7.29. The van der Waals surface area contributed by atoms with Gasteiger partial charge in [0, 0.05) is 32.3 Å². The van der Waals surface area contributed by atoms with Crippen molar-refractivity contribution >= 4 is 0 Å². The molecule has 0 aromatic heterocycles. The van der Waals surface area contributed by atoms with Gasteiger partial charge >= 0.3 is 0 Å². The average Bonchev–Trinajstić information content (AvgIpc) is 2.63. The summed E-state index contributed by atoms with van der Waals surface area (Å²) in [5.41, 5.74) is 10.2. The van der Waals surface area contributed by atoms with Crippen molar-refractivity contribution in [2.45, 2.75) is 32.7 Å². The minimum atomic E-state index is 0.141. The number of rotatable bonds is 4. The zero-order chi connectivity index (χ0) is 13.7. The van der Waals surface area contributed by atoms with Gasteiger partial charge in [0.25, 0.3) is 0 Å². The summed E-state index contributed by atoms with van der Waals surface area (Å²) in [7, 11) is 0. The third kappa shape index (κ3) is 4.60. The number of nitrogens with zero attached hydrogens (tertiary/aromatic N) is 1. The molecule has 1 aliphatic heterocycles. The molecule has 1 saturated heterocycles. The van der Waals surface area contributed by atoms with Gasteiger partial charge in [0.2, 0.25) is 0 Å². The van der Waals surface area contributed by atoms with Crippen molar-refractivity contribution in [2.24, 2.45) is 5.73 Å². The minimum Gasteiger partial charge on any atom is -0.380 e. The van der Waals surface area contributed by atoms with E-state index < -0.39 is 0 Å². The fourth-order valence-electron chi connectivity index (χ4n) is 2.73. The van der Waals surface area contributed by atoms with E-state index in [-0.39, 0.29) is 6.04 Å². The maximum atomic E-state index is 6.33. The van der Waals surface area contributed by atoms with Crippen LogP contribution in [0.4, 0.5) is 0 Å². The Labute approximate surface area is 116 Å². The van der Waals surface area contributed by atoms with Crippen LogP contribution in [0.5, 0.6) is 0 Å². The maximum absolute atomic E-state index is 6.33. The Morgan fingerprint density at radius 3 is 2.63 bits per heavy atom.